The highest BCUT2D eigenvalue weighted by molar-refractivity contribution is 6.30. The molecular formula is C20H18ClNO4. The van der Waals surface area contributed by atoms with E-state index in [0.717, 1.165) is 11.3 Å². The van der Waals surface area contributed by atoms with Crippen LogP contribution in [0.2, 0.25) is 5.02 Å². The molecule has 0 spiro atoms. The van der Waals surface area contributed by atoms with Gasteiger partial charge in [0.25, 0.3) is 0 Å². The fourth-order valence-corrected chi connectivity index (χ4v) is 3.06. The van der Waals surface area contributed by atoms with E-state index in [4.69, 9.17) is 16.3 Å². The van der Waals surface area contributed by atoms with Crippen molar-refractivity contribution in [3.63, 3.8) is 0 Å². The molecule has 1 heterocycles. The molecule has 0 radical (unpaired) electrons. The third-order valence-corrected chi connectivity index (χ3v) is 4.63. The number of aryl methyl sites for hydroxylation is 1. The van der Waals surface area contributed by atoms with E-state index in [0.29, 0.717) is 10.6 Å². The van der Waals surface area contributed by atoms with Crippen LogP contribution in [0, 0.1) is 12.8 Å². The van der Waals surface area contributed by atoms with E-state index in [9.17, 15) is 14.4 Å². The number of ketones is 1. The van der Waals surface area contributed by atoms with Gasteiger partial charge < -0.3 is 9.64 Å². The number of amides is 1. The maximum absolute atomic E-state index is 12.3. The van der Waals surface area contributed by atoms with Gasteiger partial charge in [-0.15, -0.1) is 0 Å². The predicted octanol–water partition coefficient (Wildman–Crippen LogP) is 3.43. The van der Waals surface area contributed by atoms with E-state index in [2.05, 4.69) is 0 Å². The first-order valence-electron chi connectivity index (χ1n) is 8.27. The highest BCUT2D eigenvalue weighted by Crippen LogP contribution is 2.28. The van der Waals surface area contributed by atoms with E-state index in [-0.39, 0.29) is 31.3 Å². The number of hydrogen-bond acceptors (Lipinski definition) is 4. The van der Waals surface area contributed by atoms with E-state index in [1.807, 2.05) is 31.2 Å². The van der Waals surface area contributed by atoms with Crippen molar-refractivity contribution in [2.24, 2.45) is 5.92 Å². The summed E-state index contributed by atoms with van der Waals surface area (Å²) in [6, 6.07) is 13.9. The molecule has 1 saturated heterocycles. The molecule has 1 fully saturated rings. The third-order valence-electron chi connectivity index (χ3n) is 4.38. The minimum absolute atomic E-state index is 0.0856. The Hall–Kier alpha value is -2.66. The van der Waals surface area contributed by atoms with E-state index in [1.165, 1.54) is 0 Å². The number of carbonyl (C=O) groups excluding carboxylic acids is 3. The number of nitrogens with zero attached hydrogens (tertiary/aromatic N) is 1. The topological polar surface area (TPSA) is 63.7 Å². The molecule has 2 aromatic rings. The van der Waals surface area contributed by atoms with Gasteiger partial charge >= 0.3 is 5.97 Å². The number of anilines is 1. The van der Waals surface area contributed by atoms with Crippen LogP contribution in [0.25, 0.3) is 0 Å². The Morgan fingerprint density at radius 1 is 1.15 bits per heavy atom. The summed E-state index contributed by atoms with van der Waals surface area (Å²) in [7, 11) is 0. The van der Waals surface area contributed by atoms with Crippen molar-refractivity contribution < 1.29 is 19.1 Å². The first kappa shape index (κ1) is 18.1. The summed E-state index contributed by atoms with van der Waals surface area (Å²) in [6.45, 7) is 1.83. The molecule has 1 aliphatic heterocycles. The summed E-state index contributed by atoms with van der Waals surface area (Å²) < 4.78 is 5.13. The second-order valence-electron chi connectivity index (χ2n) is 6.23. The fourth-order valence-electron chi connectivity index (χ4n) is 2.94. The highest BCUT2D eigenvalue weighted by atomic mass is 35.5. The van der Waals surface area contributed by atoms with Crippen LogP contribution in [0.4, 0.5) is 5.69 Å². The first-order valence-corrected chi connectivity index (χ1v) is 8.65. The quantitative estimate of drug-likeness (QED) is 0.596. The van der Waals surface area contributed by atoms with Crippen molar-refractivity contribution >= 4 is 34.9 Å². The van der Waals surface area contributed by atoms with E-state index in [1.54, 1.807) is 29.2 Å². The Bertz CT molecular complexity index is 847. The molecule has 0 saturated carbocycles. The van der Waals surface area contributed by atoms with E-state index >= 15 is 0 Å². The zero-order chi connectivity index (χ0) is 18.7. The molecular weight excluding hydrogens is 354 g/mol. The molecule has 1 aliphatic rings. The van der Waals surface area contributed by atoms with Crippen LogP contribution in [0.5, 0.6) is 0 Å². The standard InChI is InChI=1S/C20H18ClNO4/c1-13-4-2-3-5-17(13)22-11-15(10-19(22)24)20(25)26-12-18(23)14-6-8-16(21)9-7-14/h2-9,15H,10-12H2,1H3. The average Bonchev–Trinajstić information content (AvgIpc) is 3.02. The van der Waals surface area contributed by atoms with Gasteiger partial charge in [0.2, 0.25) is 5.91 Å². The van der Waals surface area contributed by atoms with Gasteiger partial charge in [-0.25, -0.2) is 0 Å². The maximum atomic E-state index is 12.3. The molecule has 1 atom stereocenters. The number of halogens is 1. The van der Waals surface area contributed by atoms with E-state index < -0.39 is 11.9 Å². The Labute approximate surface area is 156 Å². The summed E-state index contributed by atoms with van der Waals surface area (Å²) >= 11 is 5.79. The normalized spacial score (nSPS) is 16.6. The molecule has 0 aromatic heterocycles. The van der Waals surface area contributed by atoms with Gasteiger partial charge in [0.15, 0.2) is 12.4 Å². The van der Waals surface area contributed by atoms with Crippen molar-refractivity contribution in [1.82, 2.24) is 0 Å². The van der Waals surface area contributed by atoms with Crippen LogP contribution in [0.3, 0.4) is 0 Å². The Morgan fingerprint density at radius 2 is 1.85 bits per heavy atom. The third kappa shape index (κ3) is 3.94. The van der Waals surface area contributed by atoms with Crippen molar-refractivity contribution in [1.29, 1.82) is 0 Å². The molecule has 6 heteroatoms. The second kappa shape index (κ2) is 7.70. The molecule has 3 rings (SSSR count). The zero-order valence-electron chi connectivity index (χ0n) is 14.3. The summed E-state index contributed by atoms with van der Waals surface area (Å²) in [5, 5.41) is 0.527. The maximum Gasteiger partial charge on any atom is 0.311 e. The number of para-hydroxylation sites is 1. The number of ether oxygens (including phenoxy) is 1. The Kier molecular flexibility index (Phi) is 5.38. The van der Waals surface area contributed by atoms with Crippen molar-refractivity contribution in [2.45, 2.75) is 13.3 Å². The van der Waals surface area contributed by atoms with Gasteiger partial charge in [-0.1, -0.05) is 29.8 Å². The Balaban J connectivity index is 1.59. The minimum atomic E-state index is -0.569. The lowest BCUT2D eigenvalue weighted by Crippen LogP contribution is -2.27. The number of rotatable bonds is 5. The van der Waals surface area contributed by atoms with Crippen LogP contribution in [0.1, 0.15) is 22.3 Å². The SMILES string of the molecule is Cc1ccccc1N1CC(C(=O)OCC(=O)c2ccc(Cl)cc2)CC1=O. The molecule has 1 amide bonds. The smallest absolute Gasteiger partial charge is 0.311 e. The molecule has 2 aromatic carbocycles. The van der Waals surface area contributed by atoms with Crippen LogP contribution < -0.4 is 4.90 Å². The predicted molar refractivity (Wildman–Crippen MR) is 98.4 cm³/mol. The highest BCUT2D eigenvalue weighted by Gasteiger charge is 2.36. The van der Waals surface area contributed by atoms with Gasteiger partial charge in [0.1, 0.15) is 0 Å². The van der Waals surface area contributed by atoms with Crippen LogP contribution in [-0.4, -0.2) is 30.8 Å². The number of benzene rings is 2. The molecule has 26 heavy (non-hydrogen) atoms. The molecule has 5 nitrogen and oxygen atoms in total. The molecule has 0 aliphatic carbocycles. The van der Waals surface area contributed by atoms with Crippen LogP contribution in [-0.2, 0) is 14.3 Å². The van der Waals surface area contributed by atoms with Crippen molar-refractivity contribution in [3.8, 4) is 0 Å². The van der Waals surface area contributed by atoms with Crippen molar-refractivity contribution in [3.05, 3.63) is 64.7 Å². The lowest BCUT2D eigenvalue weighted by molar-refractivity contribution is -0.147. The van der Waals surface area contributed by atoms with Gasteiger partial charge in [-0.05, 0) is 42.8 Å². The Morgan fingerprint density at radius 3 is 2.54 bits per heavy atom. The number of hydrogen-bond donors (Lipinski definition) is 0. The van der Waals surface area contributed by atoms with Gasteiger partial charge in [0.05, 0.1) is 5.92 Å². The summed E-state index contributed by atoms with van der Waals surface area (Å²) in [4.78, 5) is 38.2. The van der Waals surface area contributed by atoms with Crippen LogP contribution >= 0.6 is 11.6 Å². The zero-order valence-corrected chi connectivity index (χ0v) is 15.0. The molecule has 0 bridgehead atoms. The summed E-state index contributed by atoms with van der Waals surface area (Å²) in [6.07, 6.45) is 0.0856. The number of esters is 1. The number of Topliss-reactive ketones (excluding diaryl/α,β-unsaturated/α-hetero) is 1. The monoisotopic (exact) mass is 371 g/mol. The molecule has 134 valence electrons. The van der Waals surface area contributed by atoms with Gasteiger partial charge in [-0.3, -0.25) is 14.4 Å². The van der Waals surface area contributed by atoms with Gasteiger partial charge in [-0.2, -0.15) is 0 Å². The molecule has 1 unspecified atom stereocenters. The van der Waals surface area contributed by atoms with Crippen molar-refractivity contribution in [2.75, 3.05) is 18.1 Å². The largest absolute Gasteiger partial charge is 0.457 e. The summed E-state index contributed by atoms with van der Waals surface area (Å²) in [5.41, 5.74) is 2.18. The minimum Gasteiger partial charge on any atom is -0.457 e. The van der Waals surface area contributed by atoms with Crippen LogP contribution in [0.15, 0.2) is 48.5 Å². The fraction of sp³-hybridized carbons (Fsp3) is 0.250. The molecule has 0 N–H and O–H groups in total. The van der Waals surface area contributed by atoms with Gasteiger partial charge in [0, 0.05) is 29.2 Å². The summed E-state index contributed by atoms with van der Waals surface area (Å²) in [5.74, 6) is -1.53. The first-order chi connectivity index (χ1) is 12.5. The second-order valence-corrected chi connectivity index (χ2v) is 6.67. The lowest BCUT2D eigenvalue weighted by Gasteiger charge is -2.18. The average molecular weight is 372 g/mol. The number of carbonyl (C=O) groups is 3. The lowest BCUT2D eigenvalue weighted by atomic mass is 10.1.